The summed E-state index contributed by atoms with van der Waals surface area (Å²) in [6.07, 6.45) is 12.6. The summed E-state index contributed by atoms with van der Waals surface area (Å²) in [6, 6.07) is 1.24. The molecule has 2 nitrogen and oxygen atoms in total. The molecule has 3 rings (SSSR count). The van der Waals surface area contributed by atoms with Crippen molar-refractivity contribution in [2.24, 2.45) is 5.92 Å². The molecule has 2 atom stereocenters. The van der Waals surface area contributed by atoms with Crippen molar-refractivity contribution in [2.75, 3.05) is 0 Å². The molecule has 2 unspecified atom stereocenters. The summed E-state index contributed by atoms with van der Waals surface area (Å²) in [6.45, 7) is 0. The van der Waals surface area contributed by atoms with Crippen LogP contribution in [0.1, 0.15) is 64.2 Å². The minimum absolute atomic E-state index is 0.318. The molecule has 0 spiro atoms. The van der Waals surface area contributed by atoms with Gasteiger partial charge in [-0.3, -0.25) is 0 Å². The van der Waals surface area contributed by atoms with Crippen LogP contribution in [0.25, 0.3) is 0 Å². The van der Waals surface area contributed by atoms with Crippen LogP contribution in [0.15, 0.2) is 0 Å². The van der Waals surface area contributed by atoms with Gasteiger partial charge in [-0.2, -0.15) is 0 Å². The number of piperidine rings is 1. The van der Waals surface area contributed by atoms with Crippen molar-refractivity contribution < 1.29 is 5.11 Å². The Hall–Kier alpha value is -0.0800. The average molecular weight is 223 g/mol. The number of rotatable bonds is 1. The van der Waals surface area contributed by atoms with Gasteiger partial charge in [-0.15, -0.1) is 0 Å². The first-order valence-corrected chi connectivity index (χ1v) is 7.25. The Labute approximate surface area is 98.8 Å². The van der Waals surface area contributed by atoms with Gasteiger partial charge in [0.25, 0.3) is 0 Å². The van der Waals surface area contributed by atoms with E-state index in [-0.39, 0.29) is 5.60 Å². The second-order valence-corrected chi connectivity index (χ2v) is 6.34. The van der Waals surface area contributed by atoms with E-state index in [1.54, 1.807) is 0 Å². The number of nitrogens with one attached hydrogen (secondary N) is 1. The van der Waals surface area contributed by atoms with Crippen LogP contribution in [0.3, 0.4) is 0 Å². The molecule has 0 aromatic rings. The lowest BCUT2D eigenvalue weighted by Crippen LogP contribution is -2.52. The molecule has 3 fully saturated rings. The lowest BCUT2D eigenvalue weighted by atomic mass is 9.74. The molecule has 2 aliphatic heterocycles. The van der Waals surface area contributed by atoms with E-state index in [1.165, 1.54) is 51.4 Å². The molecule has 1 saturated carbocycles. The summed E-state index contributed by atoms with van der Waals surface area (Å²) < 4.78 is 0. The highest BCUT2D eigenvalue weighted by Gasteiger charge is 2.46. The predicted octanol–water partition coefficient (Wildman–Crippen LogP) is 2.60. The third-order valence-corrected chi connectivity index (χ3v) is 5.15. The van der Waals surface area contributed by atoms with Crippen molar-refractivity contribution in [3.8, 4) is 0 Å². The lowest BCUT2D eigenvalue weighted by Gasteiger charge is -2.42. The first kappa shape index (κ1) is 11.0. The fraction of sp³-hybridized carbons (Fsp3) is 1.00. The molecular weight excluding hydrogens is 198 g/mol. The number of aliphatic hydroxyl groups is 1. The highest BCUT2D eigenvalue weighted by atomic mass is 16.3. The molecule has 2 heteroatoms. The number of hydrogen-bond acceptors (Lipinski definition) is 2. The van der Waals surface area contributed by atoms with Crippen molar-refractivity contribution >= 4 is 0 Å². The van der Waals surface area contributed by atoms with E-state index in [4.69, 9.17) is 0 Å². The van der Waals surface area contributed by atoms with Crippen molar-refractivity contribution in [2.45, 2.75) is 81.9 Å². The lowest BCUT2D eigenvalue weighted by molar-refractivity contribution is -0.0623. The van der Waals surface area contributed by atoms with E-state index in [0.717, 1.165) is 12.8 Å². The van der Waals surface area contributed by atoms with Crippen molar-refractivity contribution in [3.63, 3.8) is 0 Å². The van der Waals surface area contributed by atoms with Crippen molar-refractivity contribution in [1.29, 1.82) is 0 Å². The summed E-state index contributed by atoms with van der Waals surface area (Å²) >= 11 is 0. The second-order valence-electron chi connectivity index (χ2n) is 6.34. The molecule has 0 aromatic carbocycles. The van der Waals surface area contributed by atoms with Gasteiger partial charge in [-0.05, 0) is 44.4 Å². The first-order valence-electron chi connectivity index (χ1n) is 7.25. The van der Waals surface area contributed by atoms with Gasteiger partial charge >= 0.3 is 0 Å². The van der Waals surface area contributed by atoms with E-state index >= 15 is 0 Å². The van der Waals surface area contributed by atoms with Gasteiger partial charge in [0.15, 0.2) is 0 Å². The first-order chi connectivity index (χ1) is 7.76. The third kappa shape index (κ3) is 2.02. The molecule has 2 saturated heterocycles. The molecule has 0 radical (unpaired) electrons. The number of fused-ring (bicyclic) bond motifs is 2. The molecule has 0 aromatic heterocycles. The Morgan fingerprint density at radius 2 is 1.38 bits per heavy atom. The maximum Gasteiger partial charge on any atom is 0.0705 e. The highest BCUT2D eigenvalue weighted by Crippen LogP contribution is 2.43. The highest BCUT2D eigenvalue weighted by molar-refractivity contribution is 5.02. The van der Waals surface area contributed by atoms with Crippen LogP contribution in [0.4, 0.5) is 0 Å². The monoisotopic (exact) mass is 223 g/mol. The summed E-state index contributed by atoms with van der Waals surface area (Å²) in [7, 11) is 0. The quantitative estimate of drug-likeness (QED) is 0.670. The van der Waals surface area contributed by atoms with Crippen molar-refractivity contribution in [3.05, 3.63) is 0 Å². The zero-order valence-electron chi connectivity index (χ0n) is 10.3. The van der Waals surface area contributed by atoms with Crippen LogP contribution in [0, 0.1) is 5.92 Å². The minimum atomic E-state index is -0.318. The topological polar surface area (TPSA) is 32.3 Å². The van der Waals surface area contributed by atoms with Crippen LogP contribution >= 0.6 is 0 Å². The Morgan fingerprint density at radius 1 is 0.812 bits per heavy atom. The zero-order valence-corrected chi connectivity index (χ0v) is 10.3. The summed E-state index contributed by atoms with van der Waals surface area (Å²) in [5.74, 6) is 0.597. The average Bonchev–Trinajstić information content (AvgIpc) is 2.53. The smallest absolute Gasteiger partial charge is 0.0705 e. The van der Waals surface area contributed by atoms with Gasteiger partial charge in [-0.25, -0.2) is 0 Å². The number of hydrogen-bond donors (Lipinski definition) is 2. The zero-order chi connectivity index (χ0) is 11.0. The van der Waals surface area contributed by atoms with Gasteiger partial charge in [0.1, 0.15) is 0 Å². The Bertz CT molecular complexity index is 233. The maximum absolute atomic E-state index is 11.0. The van der Waals surface area contributed by atoms with Crippen LogP contribution in [-0.2, 0) is 0 Å². The molecule has 3 aliphatic rings. The fourth-order valence-electron chi connectivity index (χ4n) is 4.31. The van der Waals surface area contributed by atoms with E-state index < -0.39 is 0 Å². The molecule has 1 aliphatic carbocycles. The Morgan fingerprint density at radius 3 is 1.94 bits per heavy atom. The summed E-state index contributed by atoms with van der Waals surface area (Å²) in [5, 5.41) is 14.6. The molecule has 0 amide bonds. The molecule has 2 N–H and O–H groups in total. The normalized spacial score (nSPS) is 45.6. The van der Waals surface area contributed by atoms with E-state index in [1.807, 2.05) is 0 Å². The maximum atomic E-state index is 11.0. The van der Waals surface area contributed by atoms with Gasteiger partial charge < -0.3 is 10.4 Å². The molecular formula is C14H25NO. The van der Waals surface area contributed by atoms with E-state index in [2.05, 4.69) is 5.32 Å². The van der Waals surface area contributed by atoms with Gasteiger partial charge in [-0.1, -0.05) is 25.7 Å². The van der Waals surface area contributed by atoms with Crippen LogP contribution in [0.2, 0.25) is 0 Å². The van der Waals surface area contributed by atoms with Gasteiger partial charge in [0, 0.05) is 12.1 Å². The molecule has 2 bridgehead atoms. The van der Waals surface area contributed by atoms with E-state index in [9.17, 15) is 5.11 Å². The van der Waals surface area contributed by atoms with E-state index in [0.29, 0.717) is 18.0 Å². The van der Waals surface area contributed by atoms with Gasteiger partial charge in [0.05, 0.1) is 5.60 Å². The van der Waals surface area contributed by atoms with Crippen LogP contribution in [0.5, 0.6) is 0 Å². The summed E-state index contributed by atoms with van der Waals surface area (Å²) in [5.41, 5.74) is -0.318. The molecule has 92 valence electrons. The Balaban J connectivity index is 1.71. The fourth-order valence-corrected chi connectivity index (χ4v) is 4.31. The van der Waals surface area contributed by atoms with Crippen molar-refractivity contribution in [1.82, 2.24) is 5.32 Å². The SMILES string of the molecule is OC1(C2CCCCCC2)CC2CCC(C1)N2. The largest absolute Gasteiger partial charge is 0.389 e. The molecule has 16 heavy (non-hydrogen) atoms. The van der Waals surface area contributed by atoms with Gasteiger partial charge in [0.2, 0.25) is 0 Å². The van der Waals surface area contributed by atoms with Crippen LogP contribution < -0.4 is 5.32 Å². The third-order valence-electron chi connectivity index (χ3n) is 5.15. The standard InChI is InChI=1S/C14H25NO/c16-14(11-5-3-1-2-4-6-11)9-12-7-8-13(10-14)15-12/h11-13,15-16H,1-10H2. The molecule has 2 heterocycles. The second kappa shape index (κ2) is 4.30. The predicted molar refractivity (Wildman–Crippen MR) is 65.3 cm³/mol. The summed E-state index contributed by atoms with van der Waals surface area (Å²) in [4.78, 5) is 0. The van der Waals surface area contributed by atoms with Crippen LogP contribution in [-0.4, -0.2) is 22.8 Å². The minimum Gasteiger partial charge on any atom is -0.389 e. The Kier molecular flexibility index (Phi) is 2.97.